The lowest BCUT2D eigenvalue weighted by Crippen LogP contribution is -2.47. The maximum absolute atomic E-state index is 11.6. The van der Waals surface area contributed by atoms with Crippen LogP contribution < -0.4 is 5.32 Å². The van der Waals surface area contributed by atoms with Crippen LogP contribution in [0.3, 0.4) is 0 Å². The number of hydrogen-bond donors (Lipinski definition) is 2. The second-order valence-corrected chi connectivity index (χ2v) is 5.42. The lowest BCUT2D eigenvalue weighted by Gasteiger charge is -2.32. The van der Waals surface area contributed by atoms with E-state index in [1.807, 2.05) is 30.3 Å². The van der Waals surface area contributed by atoms with Crippen LogP contribution in [0.1, 0.15) is 12.8 Å². The average molecular weight is 265 g/mol. The Balaban J connectivity index is 1.66. The first-order valence-corrected chi connectivity index (χ1v) is 6.83. The molecular formula is C13H15NO3S. The highest BCUT2D eigenvalue weighted by Crippen LogP contribution is 2.27. The maximum atomic E-state index is 11.6. The number of hydrogen-bond acceptors (Lipinski definition) is 3. The van der Waals surface area contributed by atoms with Crippen LogP contribution in [0.4, 0.5) is 0 Å². The number of nitrogens with one attached hydrogen (secondary N) is 1. The van der Waals surface area contributed by atoms with Gasteiger partial charge in [-0.3, -0.25) is 9.59 Å². The molecule has 0 bridgehead atoms. The van der Waals surface area contributed by atoms with Crippen molar-refractivity contribution in [2.24, 2.45) is 5.92 Å². The Morgan fingerprint density at radius 3 is 2.56 bits per heavy atom. The third-order valence-electron chi connectivity index (χ3n) is 2.97. The van der Waals surface area contributed by atoms with Gasteiger partial charge in [-0.1, -0.05) is 18.2 Å². The first-order chi connectivity index (χ1) is 8.65. The SMILES string of the molecule is O=C(CSc1ccccc1)NC1CC(C(=O)O)C1. The van der Waals surface area contributed by atoms with Gasteiger partial charge in [0, 0.05) is 10.9 Å². The molecule has 4 nitrogen and oxygen atoms in total. The topological polar surface area (TPSA) is 66.4 Å². The fourth-order valence-electron chi connectivity index (χ4n) is 1.87. The second kappa shape index (κ2) is 5.91. The monoisotopic (exact) mass is 265 g/mol. The van der Waals surface area contributed by atoms with Crippen molar-refractivity contribution in [2.45, 2.75) is 23.8 Å². The highest BCUT2D eigenvalue weighted by atomic mass is 32.2. The summed E-state index contributed by atoms with van der Waals surface area (Å²) in [6.07, 6.45) is 1.11. The summed E-state index contributed by atoms with van der Waals surface area (Å²) in [6, 6.07) is 9.76. The first kappa shape index (κ1) is 13.0. The summed E-state index contributed by atoms with van der Waals surface area (Å²) in [5.74, 6) is -0.702. The van der Waals surface area contributed by atoms with Gasteiger partial charge in [0.15, 0.2) is 0 Å². The van der Waals surface area contributed by atoms with E-state index in [1.54, 1.807) is 0 Å². The lowest BCUT2D eigenvalue weighted by atomic mass is 9.80. The predicted octanol–water partition coefficient (Wildman–Crippen LogP) is 1.76. The number of carboxylic acids is 1. The number of carbonyl (C=O) groups excluding carboxylic acids is 1. The fraction of sp³-hybridized carbons (Fsp3) is 0.385. The molecule has 1 aromatic rings. The molecule has 0 spiro atoms. The van der Waals surface area contributed by atoms with Gasteiger partial charge in [-0.05, 0) is 25.0 Å². The molecule has 0 saturated heterocycles. The van der Waals surface area contributed by atoms with Crippen molar-refractivity contribution in [1.29, 1.82) is 0 Å². The Morgan fingerprint density at radius 1 is 1.28 bits per heavy atom. The van der Waals surface area contributed by atoms with Crippen molar-refractivity contribution >= 4 is 23.6 Å². The smallest absolute Gasteiger partial charge is 0.306 e. The molecule has 2 rings (SSSR count). The Bertz CT molecular complexity index is 429. The van der Waals surface area contributed by atoms with E-state index in [0.717, 1.165) is 4.90 Å². The Morgan fingerprint density at radius 2 is 1.94 bits per heavy atom. The van der Waals surface area contributed by atoms with Gasteiger partial charge in [0.1, 0.15) is 0 Å². The van der Waals surface area contributed by atoms with Crippen LogP contribution in [0.2, 0.25) is 0 Å². The predicted molar refractivity (Wildman–Crippen MR) is 69.5 cm³/mol. The molecule has 0 radical (unpaired) electrons. The maximum Gasteiger partial charge on any atom is 0.306 e. The molecule has 1 fully saturated rings. The number of carboxylic acid groups (broad SMARTS) is 1. The van der Waals surface area contributed by atoms with Crippen LogP contribution in [0.25, 0.3) is 0 Å². The molecule has 5 heteroatoms. The fourth-order valence-corrected chi connectivity index (χ4v) is 2.60. The van der Waals surface area contributed by atoms with E-state index in [4.69, 9.17) is 5.11 Å². The summed E-state index contributed by atoms with van der Waals surface area (Å²) in [5.41, 5.74) is 0. The van der Waals surface area contributed by atoms with Gasteiger partial charge < -0.3 is 10.4 Å². The molecule has 0 unspecified atom stereocenters. The van der Waals surface area contributed by atoms with E-state index < -0.39 is 5.97 Å². The van der Waals surface area contributed by atoms with Crippen LogP contribution in [0.5, 0.6) is 0 Å². The quantitative estimate of drug-likeness (QED) is 0.796. The van der Waals surface area contributed by atoms with Crippen molar-refractivity contribution in [1.82, 2.24) is 5.32 Å². The van der Waals surface area contributed by atoms with E-state index in [-0.39, 0.29) is 17.9 Å². The number of amides is 1. The largest absolute Gasteiger partial charge is 0.481 e. The molecular weight excluding hydrogens is 250 g/mol. The van der Waals surface area contributed by atoms with Crippen LogP contribution >= 0.6 is 11.8 Å². The summed E-state index contributed by atoms with van der Waals surface area (Å²) in [5, 5.41) is 11.6. The minimum atomic E-state index is -0.765. The summed E-state index contributed by atoms with van der Waals surface area (Å²) in [6.45, 7) is 0. The van der Waals surface area contributed by atoms with E-state index in [9.17, 15) is 9.59 Å². The molecule has 18 heavy (non-hydrogen) atoms. The Kier molecular flexibility index (Phi) is 4.25. The highest BCUT2D eigenvalue weighted by molar-refractivity contribution is 8.00. The summed E-state index contributed by atoms with van der Waals surface area (Å²) in [4.78, 5) is 23.3. The van der Waals surface area contributed by atoms with Gasteiger partial charge in [-0.15, -0.1) is 11.8 Å². The molecule has 0 aromatic heterocycles. The number of rotatable bonds is 5. The normalized spacial score (nSPS) is 22.0. The van der Waals surface area contributed by atoms with Crippen LogP contribution in [0, 0.1) is 5.92 Å². The average Bonchev–Trinajstić information content (AvgIpc) is 2.31. The number of aliphatic carboxylic acids is 1. The van der Waals surface area contributed by atoms with Gasteiger partial charge in [0.05, 0.1) is 11.7 Å². The number of thioether (sulfide) groups is 1. The molecule has 0 atom stereocenters. The van der Waals surface area contributed by atoms with Gasteiger partial charge in [-0.2, -0.15) is 0 Å². The molecule has 2 N–H and O–H groups in total. The van der Waals surface area contributed by atoms with E-state index >= 15 is 0 Å². The van der Waals surface area contributed by atoms with Gasteiger partial charge >= 0.3 is 5.97 Å². The number of carbonyl (C=O) groups is 2. The highest BCUT2D eigenvalue weighted by Gasteiger charge is 2.35. The minimum Gasteiger partial charge on any atom is -0.481 e. The van der Waals surface area contributed by atoms with Crippen LogP contribution in [0.15, 0.2) is 35.2 Å². The minimum absolute atomic E-state index is 0.0299. The van der Waals surface area contributed by atoms with Crippen molar-refractivity contribution in [3.8, 4) is 0 Å². The zero-order chi connectivity index (χ0) is 13.0. The summed E-state index contributed by atoms with van der Waals surface area (Å²) >= 11 is 1.48. The van der Waals surface area contributed by atoms with Crippen molar-refractivity contribution in [2.75, 3.05) is 5.75 Å². The second-order valence-electron chi connectivity index (χ2n) is 4.37. The zero-order valence-corrected chi connectivity index (χ0v) is 10.7. The van der Waals surface area contributed by atoms with Gasteiger partial charge in [0.2, 0.25) is 5.91 Å². The van der Waals surface area contributed by atoms with E-state index in [2.05, 4.69) is 5.32 Å². The standard InChI is InChI=1S/C13H15NO3S/c15-12(8-18-11-4-2-1-3-5-11)14-10-6-9(7-10)13(16)17/h1-5,9-10H,6-8H2,(H,14,15)(H,16,17). The first-order valence-electron chi connectivity index (χ1n) is 5.85. The molecule has 0 aliphatic heterocycles. The van der Waals surface area contributed by atoms with Gasteiger partial charge in [-0.25, -0.2) is 0 Å². The third kappa shape index (κ3) is 3.50. The van der Waals surface area contributed by atoms with Crippen LogP contribution in [-0.2, 0) is 9.59 Å². The van der Waals surface area contributed by atoms with E-state index in [0.29, 0.717) is 18.6 Å². The molecule has 1 aliphatic rings. The van der Waals surface area contributed by atoms with E-state index in [1.165, 1.54) is 11.8 Å². The van der Waals surface area contributed by atoms with Crippen molar-refractivity contribution in [3.05, 3.63) is 30.3 Å². The molecule has 1 amide bonds. The van der Waals surface area contributed by atoms with Crippen LogP contribution in [-0.4, -0.2) is 28.8 Å². The zero-order valence-electron chi connectivity index (χ0n) is 9.83. The van der Waals surface area contributed by atoms with Crippen molar-refractivity contribution < 1.29 is 14.7 Å². The summed E-state index contributed by atoms with van der Waals surface area (Å²) in [7, 11) is 0. The molecule has 0 heterocycles. The molecule has 1 saturated carbocycles. The molecule has 96 valence electrons. The van der Waals surface area contributed by atoms with Gasteiger partial charge in [0.25, 0.3) is 0 Å². The lowest BCUT2D eigenvalue weighted by molar-refractivity contribution is -0.146. The third-order valence-corrected chi connectivity index (χ3v) is 3.98. The Hall–Kier alpha value is -1.49. The van der Waals surface area contributed by atoms with Crippen molar-refractivity contribution in [3.63, 3.8) is 0 Å². The molecule has 1 aromatic carbocycles. The summed E-state index contributed by atoms with van der Waals surface area (Å²) < 4.78 is 0. The Labute approximate surface area is 110 Å². The number of benzene rings is 1. The molecule has 1 aliphatic carbocycles.